The molecule has 1 amide bonds. The molecule has 1 aromatic heterocycles. The summed E-state index contributed by atoms with van der Waals surface area (Å²) in [6.07, 6.45) is 3.65. The number of rotatable bonds is 5. The van der Waals surface area contributed by atoms with Crippen LogP contribution in [0.5, 0.6) is 0 Å². The van der Waals surface area contributed by atoms with Crippen LogP contribution in [-0.4, -0.2) is 42.6 Å². The van der Waals surface area contributed by atoms with Gasteiger partial charge in [-0.2, -0.15) is 0 Å². The van der Waals surface area contributed by atoms with Gasteiger partial charge in [-0.05, 0) is 25.0 Å². The molecule has 0 aliphatic heterocycles. The number of nitrogens with one attached hydrogen (secondary N) is 1. The van der Waals surface area contributed by atoms with Crippen molar-refractivity contribution in [2.45, 2.75) is 19.3 Å². The van der Waals surface area contributed by atoms with Crippen LogP contribution in [-0.2, 0) is 4.79 Å². The Balaban J connectivity index is 1.96. The normalized spacial score (nSPS) is 16.1. The van der Waals surface area contributed by atoms with Crippen LogP contribution in [0.15, 0.2) is 18.3 Å². The number of carboxylic acids is 1. The molecule has 1 aliphatic rings. The molecule has 2 N–H and O–H groups in total. The highest BCUT2D eigenvalue weighted by Gasteiger charge is 2.44. The first-order chi connectivity index (χ1) is 9.44. The molecule has 0 atom stereocenters. The first-order valence-electron chi connectivity index (χ1n) is 6.60. The summed E-state index contributed by atoms with van der Waals surface area (Å²) in [6, 6.07) is 3.44. The maximum Gasteiger partial charge on any atom is 0.311 e. The van der Waals surface area contributed by atoms with E-state index in [1.165, 1.54) is 6.20 Å². The number of aromatic nitrogens is 1. The van der Waals surface area contributed by atoms with Gasteiger partial charge in [0.15, 0.2) is 0 Å². The number of pyridine rings is 1. The van der Waals surface area contributed by atoms with Crippen LogP contribution in [0.1, 0.15) is 29.6 Å². The fourth-order valence-corrected chi connectivity index (χ4v) is 2.21. The molecule has 0 unspecified atom stereocenters. The van der Waals surface area contributed by atoms with E-state index < -0.39 is 11.4 Å². The van der Waals surface area contributed by atoms with E-state index in [0.717, 1.165) is 12.2 Å². The summed E-state index contributed by atoms with van der Waals surface area (Å²) in [6.45, 7) is 0.177. The number of amides is 1. The van der Waals surface area contributed by atoms with Crippen molar-refractivity contribution in [3.63, 3.8) is 0 Å². The van der Waals surface area contributed by atoms with E-state index in [9.17, 15) is 14.7 Å². The molecule has 1 heterocycles. The summed E-state index contributed by atoms with van der Waals surface area (Å²) in [5, 5.41) is 11.9. The van der Waals surface area contributed by atoms with E-state index in [1.54, 1.807) is 12.1 Å². The molecule has 1 aliphatic carbocycles. The Hall–Kier alpha value is -2.11. The van der Waals surface area contributed by atoms with Crippen molar-refractivity contribution in [2.24, 2.45) is 5.41 Å². The van der Waals surface area contributed by atoms with Crippen molar-refractivity contribution in [2.75, 3.05) is 25.5 Å². The van der Waals surface area contributed by atoms with Crippen LogP contribution in [0.2, 0.25) is 0 Å². The topological polar surface area (TPSA) is 82.5 Å². The smallest absolute Gasteiger partial charge is 0.311 e. The zero-order valence-electron chi connectivity index (χ0n) is 11.7. The van der Waals surface area contributed by atoms with Crippen molar-refractivity contribution >= 4 is 17.7 Å². The average molecular weight is 277 g/mol. The average Bonchev–Trinajstić information content (AvgIpc) is 2.36. The zero-order valence-corrected chi connectivity index (χ0v) is 11.7. The van der Waals surface area contributed by atoms with Crippen molar-refractivity contribution in [3.8, 4) is 0 Å². The maximum absolute atomic E-state index is 12.0. The zero-order chi connectivity index (χ0) is 14.8. The number of carbonyl (C=O) groups is 2. The molecule has 1 fully saturated rings. The third-order valence-corrected chi connectivity index (χ3v) is 3.82. The van der Waals surface area contributed by atoms with Crippen LogP contribution < -0.4 is 10.2 Å². The highest BCUT2D eigenvalue weighted by molar-refractivity contribution is 5.94. The van der Waals surface area contributed by atoms with Crippen LogP contribution in [0, 0.1) is 5.41 Å². The van der Waals surface area contributed by atoms with Crippen molar-refractivity contribution in [1.82, 2.24) is 10.3 Å². The number of hydrogen-bond donors (Lipinski definition) is 2. The van der Waals surface area contributed by atoms with Crippen LogP contribution in [0.25, 0.3) is 0 Å². The van der Waals surface area contributed by atoms with Crippen LogP contribution in [0.4, 0.5) is 5.82 Å². The molecular weight excluding hydrogens is 258 g/mol. The van der Waals surface area contributed by atoms with Gasteiger partial charge in [-0.25, -0.2) is 4.98 Å². The molecule has 6 nitrogen and oxygen atoms in total. The molecule has 0 aromatic carbocycles. The molecule has 108 valence electrons. The van der Waals surface area contributed by atoms with E-state index in [2.05, 4.69) is 10.3 Å². The number of carbonyl (C=O) groups excluding carboxylic acids is 1. The number of hydrogen-bond acceptors (Lipinski definition) is 4. The van der Waals surface area contributed by atoms with E-state index in [0.29, 0.717) is 18.4 Å². The summed E-state index contributed by atoms with van der Waals surface area (Å²) in [4.78, 5) is 29.2. The van der Waals surface area contributed by atoms with Gasteiger partial charge >= 0.3 is 5.97 Å². The highest BCUT2D eigenvalue weighted by atomic mass is 16.4. The lowest BCUT2D eigenvalue weighted by atomic mass is 9.69. The summed E-state index contributed by atoms with van der Waals surface area (Å²) >= 11 is 0. The Morgan fingerprint density at radius 3 is 2.50 bits per heavy atom. The number of nitrogens with zero attached hydrogens (tertiary/aromatic N) is 2. The predicted molar refractivity (Wildman–Crippen MR) is 74.8 cm³/mol. The number of aliphatic carboxylic acids is 1. The summed E-state index contributed by atoms with van der Waals surface area (Å²) in [5.74, 6) is -0.344. The van der Waals surface area contributed by atoms with Gasteiger partial charge in [0.2, 0.25) is 0 Å². The minimum atomic E-state index is -0.829. The minimum absolute atomic E-state index is 0.177. The lowest BCUT2D eigenvalue weighted by Gasteiger charge is -2.37. The number of anilines is 1. The Morgan fingerprint density at radius 2 is 2.10 bits per heavy atom. The minimum Gasteiger partial charge on any atom is -0.481 e. The first-order valence-corrected chi connectivity index (χ1v) is 6.60. The van der Waals surface area contributed by atoms with Gasteiger partial charge in [0, 0.05) is 26.8 Å². The lowest BCUT2D eigenvalue weighted by Crippen LogP contribution is -2.47. The summed E-state index contributed by atoms with van der Waals surface area (Å²) in [5.41, 5.74) is -0.331. The van der Waals surface area contributed by atoms with Gasteiger partial charge in [-0.3, -0.25) is 9.59 Å². The third kappa shape index (κ3) is 2.74. The highest BCUT2D eigenvalue weighted by Crippen LogP contribution is 2.40. The van der Waals surface area contributed by atoms with E-state index in [1.807, 2.05) is 19.0 Å². The lowest BCUT2D eigenvalue weighted by molar-refractivity contribution is -0.153. The van der Waals surface area contributed by atoms with Crippen molar-refractivity contribution in [1.29, 1.82) is 0 Å². The van der Waals surface area contributed by atoms with Crippen molar-refractivity contribution < 1.29 is 14.7 Å². The predicted octanol–water partition coefficient (Wildman–Crippen LogP) is 1.13. The van der Waals surface area contributed by atoms with Gasteiger partial charge in [-0.15, -0.1) is 0 Å². The number of carboxylic acid groups (broad SMARTS) is 1. The second kappa shape index (κ2) is 5.48. The van der Waals surface area contributed by atoms with E-state index in [4.69, 9.17) is 0 Å². The quantitative estimate of drug-likeness (QED) is 0.843. The third-order valence-electron chi connectivity index (χ3n) is 3.82. The van der Waals surface area contributed by atoms with Gasteiger partial charge in [0.25, 0.3) is 5.91 Å². The van der Waals surface area contributed by atoms with Gasteiger partial charge in [-0.1, -0.05) is 6.42 Å². The maximum atomic E-state index is 12.0. The van der Waals surface area contributed by atoms with Crippen LogP contribution in [0.3, 0.4) is 0 Å². The second-order valence-electron chi connectivity index (χ2n) is 5.42. The van der Waals surface area contributed by atoms with Gasteiger partial charge < -0.3 is 15.3 Å². The first kappa shape index (κ1) is 14.3. The monoisotopic (exact) mass is 277 g/mol. The molecule has 0 saturated heterocycles. The summed E-state index contributed by atoms with van der Waals surface area (Å²) < 4.78 is 0. The van der Waals surface area contributed by atoms with Crippen LogP contribution >= 0.6 is 0 Å². The fourth-order valence-electron chi connectivity index (χ4n) is 2.21. The molecule has 20 heavy (non-hydrogen) atoms. The molecule has 0 radical (unpaired) electrons. The fraction of sp³-hybridized carbons (Fsp3) is 0.500. The largest absolute Gasteiger partial charge is 0.481 e. The summed E-state index contributed by atoms with van der Waals surface area (Å²) in [7, 11) is 3.74. The molecule has 1 saturated carbocycles. The Labute approximate surface area is 117 Å². The standard InChI is InChI=1S/C14H19N3O3/c1-17(2)11-5-4-10(8-15-11)12(18)16-9-14(13(19)20)6-3-7-14/h4-5,8H,3,6-7,9H2,1-2H3,(H,16,18)(H,19,20). The van der Waals surface area contributed by atoms with E-state index >= 15 is 0 Å². The Bertz CT molecular complexity index is 507. The van der Waals surface area contributed by atoms with Gasteiger partial charge in [0.05, 0.1) is 11.0 Å². The van der Waals surface area contributed by atoms with Gasteiger partial charge in [0.1, 0.15) is 5.82 Å². The SMILES string of the molecule is CN(C)c1ccc(C(=O)NCC2(C(=O)O)CCC2)cn1. The molecular formula is C14H19N3O3. The molecule has 0 spiro atoms. The molecule has 1 aromatic rings. The molecule has 0 bridgehead atoms. The second-order valence-corrected chi connectivity index (χ2v) is 5.42. The van der Waals surface area contributed by atoms with E-state index in [-0.39, 0.29) is 12.5 Å². The van der Waals surface area contributed by atoms with Crippen molar-refractivity contribution in [3.05, 3.63) is 23.9 Å². The Kier molecular flexibility index (Phi) is 3.92. The molecule has 2 rings (SSSR count). The molecule has 6 heteroatoms. The Morgan fingerprint density at radius 1 is 1.40 bits per heavy atom.